The number of likely N-dealkylation sites (tertiary alicyclic amines) is 1. The molecule has 0 aromatic heterocycles. The number of piperidine rings is 1. The summed E-state index contributed by atoms with van der Waals surface area (Å²) in [6.07, 6.45) is 2.30. The van der Waals surface area contributed by atoms with Crippen molar-refractivity contribution in [2.24, 2.45) is 0 Å². The number of aliphatic carboxylic acids is 1. The van der Waals surface area contributed by atoms with E-state index in [1.54, 1.807) is 0 Å². The number of carbonyl (C=O) groups is 2. The Hall–Kier alpha value is -1.68. The maximum atomic E-state index is 11.4. The summed E-state index contributed by atoms with van der Waals surface area (Å²) in [6.45, 7) is 3.18. The van der Waals surface area contributed by atoms with Crippen LogP contribution >= 0.6 is 0 Å². The summed E-state index contributed by atoms with van der Waals surface area (Å²) < 4.78 is 0. The number of nitrogens with zero attached hydrogens (tertiary/aromatic N) is 1. The Morgan fingerprint density at radius 2 is 1.85 bits per heavy atom. The lowest BCUT2D eigenvalue weighted by molar-refractivity contribution is -0.145. The third-order valence-corrected chi connectivity index (χ3v) is 3.91. The average Bonchev–Trinajstić information content (AvgIpc) is 2.43. The number of hydrogen-bond donors (Lipinski definition) is 1. The van der Waals surface area contributed by atoms with Crippen molar-refractivity contribution in [3.05, 3.63) is 35.4 Å². The van der Waals surface area contributed by atoms with E-state index < -0.39 is 12.0 Å². The summed E-state index contributed by atoms with van der Waals surface area (Å²) in [7, 11) is 0. The van der Waals surface area contributed by atoms with Crippen LogP contribution < -0.4 is 0 Å². The fourth-order valence-corrected chi connectivity index (χ4v) is 2.61. The predicted octanol–water partition coefficient (Wildman–Crippen LogP) is 2.05. The van der Waals surface area contributed by atoms with E-state index in [9.17, 15) is 14.7 Å². The number of hydrogen-bond acceptors (Lipinski definition) is 3. The molecular formula is C16H21NO3. The van der Waals surface area contributed by atoms with E-state index in [2.05, 4.69) is 0 Å². The lowest BCUT2D eigenvalue weighted by atomic mass is 10.0. The van der Waals surface area contributed by atoms with Crippen LogP contribution in [0.1, 0.15) is 30.4 Å². The maximum Gasteiger partial charge on any atom is 0.320 e. The fourth-order valence-electron chi connectivity index (χ4n) is 2.61. The highest BCUT2D eigenvalue weighted by Crippen LogP contribution is 2.15. The monoisotopic (exact) mass is 275 g/mol. The van der Waals surface area contributed by atoms with Gasteiger partial charge in [0.2, 0.25) is 0 Å². The van der Waals surface area contributed by atoms with Crippen molar-refractivity contribution in [3.63, 3.8) is 0 Å². The molecule has 20 heavy (non-hydrogen) atoms. The first-order chi connectivity index (χ1) is 9.56. The largest absolute Gasteiger partial charge is 0.480 e. The van der Waals surface area contributed by atoms with Crippen molar-refractivity contribution in [1.82, 2.24) is 4.90 Å². The molecule has 0 amide bonds. The second kappa shape index (κ2) is 6.66. The number of carboxylic acid groups (broad SMARTS) is 1. The van der Waals surface area contributed by atoms with Crippen molar-refractivity contribution in [2.75, 3.05) is 13.1 Å². The van der Waals surface area contributed by atoms with Gasteiger partial charge in [0, 0.05) is 25.9 Å². The highest BCUT2D eigenvalue weighted by molar-refractivity contribution is 5.80. The minimum Gasteiger partial charge on any atom is -0.480 e. The summed E-state index contributed by atoms with van der Waals surface area (Å²) >= 11 is 0. The van der Waals surface area contributed by atoms with E-state index in [1.165, 1.54) is 5.56 Å². The summed E-state index contributed by atoms with van der Waals surface area (Å²) in [5, 5.41) is 9.39. The summed E-state index contributed by atoms with van der Waals surface area (Å²) in [4.78, 5) is 24.6. The van der Waals surface area contributed by atoms with Crippen molar-refractivity contribution in [2.45, 2.75) is 38.6 Å². The molecule has 0 spiro atoms. The zero-order valence-corrected chi connectivity index (χ0v) is 11.8. The van der Waals surface area contributed by atoms with Crippen molar-refractivity contribution in [1.29, 1.82) is 0 Å². The van der Waals surface area contributed by atoms with Gasteiger partial charge in [-0.2, -0.15) is 0 Å². The quantitative estimate of drug-likeness (QED) is 0.893. The Morgan fingerprint density at radius 3 is 2.40 bits per heavy atom. The number of carbonyl (C=O) groups excluding carboxylic acids is 1. The Bertz CT molecular complexity index is 471. The highest BCUT2D eigenvalue weighted by Gasteiger charge is 2.28. The maximum absolute atomic E-state index is 11.4. The first-order valence-electron chi connectivity index (χ1n) is 7.10. The minimum absolute atomic E-state index is 0.240. The zero-order valence-electron chi connectivity index (χ0n) is 11.8. The molecule has 1 N–H and O–H groups in total. The van der Waals surface area contributed by atoms with Gasteiger partial charge in [-0.15, -0.1) is 0 Å². The van der Waals surface area contributed by atoms with Gasteiger partial charge in [-0.25, -0.2) is 0 Å². The van der Waals surface area contributed by atoms with Crippen LogP contribution in [0.2, 0.25) is 0 Å². The summed E-state index contributed by atoms with van der Waals surface area (Å²) in [5.41, 5.74) is 2.37. The van der Waals surface area contributed by atoms with Crippen LogP contribution in [0.15, 0.2) is 24.3 Å². The standard InChI is InChI=1S/C16H21NO3/c1-12-2-4-13(5-3-12)6-7-15(16(19)20)17-10-8-14(18)9-11-17/h2-5,15H,6-11H2,1H3,(H,19,20). The topological polar surface area (TPSA) is 57.6 Å². The van der Waals surface area contributed by atoms with Gasteiger partial charge < -0.3 is 5.11 Å². The number of benzene rings is 1. The SMILES string of the molecule is Cc1ccc(CCC(C(=O)O)N2CCC(=O)CC2)cc1. The number of rotatable bonds is 5. The minimum atomic E-state index is -0.786. The molecular weight excluding hydrogens is 254 g/mol. The van der Waals surface area contributed by atoms with Gasteiger partial charge in [0.1, 0.15) is 11.8 Å². The van der Waals surface area contributed by atoms with E-state index in [4.69, 9.17) is 0 Å². The Kier molecular flexibility index (Phi) is 4.90. The molecule has 1 aromatic rings. The van der Waals surface area contributed by atoms with Crippen LogP contribution in [0, 0.1) is 6.92 Å². The van der Waals surface area contributed by atoms with Crippen molar-refractivity contribution < 1.29 is 14.7 Å². The Balaban J connectivity index is 1.94. The van der Waals surface area contributed by atoms with Gasteiger partial charge in [0.25, 0.3) is 0 Å². The van der Waals surface area contributed by atoms with Gasteiger partial charge >= 0.3 is 5.97 Å². The molecule has 1 aromatic carbocycles. The molecule has 108 valence electrons. The number of aryl methyl sites for hydroxylation is 2. The van der Waals surface area contributed by atoms with Gasteiger partial charge in [0.15, 0.2) is 0 Å². The summed E-state index contributed by atoms with van der Waals surface area (Å²) in [5.74, 6) is -0.546. The molecule has 0 saturated carbocycles. The molecule has 0 aliphatic carbocycles. The van der Waals surface area contributed by atoms with Gasteiger partial charge in [-0.3, -0.25) is 14.5 Å². The van der Waals surface area contributed by atoms with E-state index in [1.807, 2.05) is 36.1 Å². The number of Topliss-reactive ketones (excluding diaryl/α,β-unsaturated/α-hetero) is 1. The molecule has 2 rings (SSSR count). The smallest absolute Gasteiger partial charge is 0.320 e. The molecule has 1 unspecified atom stereocenters. The fraction of sp³-hybridized carbons (Fsp3) is 0.500. The van der Waals surface area contributed by atoms with Crippen molar-refractivity contribution >= 4 is 11.8 Å². The molecule has 0 bridgehead atoms. The predicted molar refractivity (Wildman–Crippen MR) is 76.7 cm³/mol. The first-order valence-corrected chi connectivity index (χ1v) is 7.10. The lowest BCUT2D eigenvalue weighted by Gasteiger charge is -2.31. The first kappa shape index (κ1) is 14.7. The number of ketones is 1. The zero-order chi connectivity index (χ0) is 14.5. The third kappa shape index (κ3) is 3.90. The average molecular weight is 275 g/mol. The second-order valence-electron chi connectivity index (χ2n) is 5.45. The molecule has 4 nitrogen and oxygen atoms in total. The molecule has 1 aliphatic heterocycles. The van der Waals surface area contributed by atoms with Crippen LogP contribution in [0.25, 0.3) is 0 Å². The highest BCUT2D eigenvalue weighted by atomic mass is 16.4. The molecule has 4 heteroatoms. The van der Waals surface area contributed by atoms with Gasteiger partial charge in [-0.1, -0.05) is 29.8 Å². The molecule has 1 heterocycles. The molecule has 1 aliphatic rings. The van der Waals surface area contributed by atoms with Crippen LogP contribution in [-0.4, -0.2) is 40.9 Å². The van der Waals surface area contributed by atoms with Gasteiger partial charge in [0.05, 0.1) is 0 Å². The van der Waals surface area contributed by atoms with Crippen LogP contribution in [0.3, 0.4) is 0 Å². The van der Waals surface area contributed by atoms with Crippen LogP contribution in [-0.2, 0) is 16.0 Å². The number of carboxylic acids is 1. The van der Waals surface area contributed by atoms with Crippen LogP contribution in [0.4, 0.5) is 0 Å². The summed E-state index contributed by atoms with van der Waals surface area (Å²) in [6, 6.07) is 7.71. The Labute approximate surface area is 119 Å². The van der Waals surface area contributed by atoms with E-state index in [0.29, 0.717) is 32.4 Å². The van der Waals surface area contributed by atoms with Crippen LogP contribution in [0.5, 0.6) is 0 Å². The molecule has 1 fully saturated rings. The van der Waals surface area contributed by atoms with E-state index >= 15 is 0 Å². The molecule has 0 radical (unpaired) electrons. The molecule has 1 atom stereocenters. The Morgan fingerprint density at radius 1 is 1.25 bits per heavy atom. The van der Waals surface area contributed by atoms with Crippen molar-refractivity contribution in [3.8, 4) is 0 Å². The lowest BCUT2D eigenvalue weighted by Crippen LogP contribution is -2.46. The van der Waals surface area contributed by atoms with E-state index in [0.717, 1.165) is 12.0 Å². The van der Waals surface area contributed by atoms with E-state index in [-0.39, 0.29) is 5.78 Å². The normalized spacial score (nSPS) is 17.9. The van der Waals surface area contributed by atoms with Gasteiger partial charge in [-0.05, 0) is 25.3 Å². The second-order valence-corrected chi connectivity index (χ2v) is 5.45. The molecule has 1 saturated heterocycles. The third-order valence-electron chi connectivity index (χ3n) is 3.91.